The van der Waals surface area contributed by atoms with Gasteiger partial charge >= 0.3 is 0 Å². The minimum Gasteiger partial charge on any atom is -0.365 e. The third kappa shape index (κ3) is 2.12. The van der Waals surface area contributed by atoms with Gasteiger partial charge in [-0.2, -0.15) is 0 Å². The first-order valence-corrected chi connectivity index (χ1v) is 6.85. The van der Waals surface area contributed by atoms with E-state index in [1.807, 2.05) is 34.5 Å². The van der Waals surface area contributed by atoms with Crippen molar-refractivity contribution in [1.29, 1.82) is 0 Å². The lowest BCUT2D eigenvalue weighted by molar-refractivity contribution is 0.100. The van der Waals surface area contributed by atoms with E-state index in [0.29, 0.717) is 4.88 Å². The van der Waals surface area contributed by atoms with Gasteiger partial charge in [-0.25, -0.2) is 4.39 Å². The first-order chi connectivity index (χ1) is 9.66. The topological polar surface area (TPSA) is 48.0 Å². The molecule has 0 radical (unpaired) electrons. The molecule has 100 valence electrons. The molecule has 0 unspecified atom stereocenters. The van der Waals surface area contributed by atoms with Gasteiger partial charge in [-0.1, -0.05) is 12.1 Å². The molecule has 2 aromatic heterocycles. The van der Waals surface area contributed by atoms with Gasteiger partial charge in [-0.15, -0.1) is 11.3 Å². The molecule has 0 aliphatic rings. The minimum absolute atomic E-state index is 0.290. The Labute approximate surface area is 119 Å². The summed E-state index contributed by atoms with van der Waals surface area (Å²) in [6.07, 6.45) is 3.70. The summed E-state index contributed by atoms with van der Waals surface area (Å²) in [6.45, 7) is 0. The van der Waals surface area contributed by atoms with Crippen LogP contribution in [0.25, 0.3) is 16.8 Å². The van der Waals surface area contributed by atoms with Crippen molar-refractivity contribution in [3.63, 3.8) is 0 Å². The van der Waals surface area contributed by atoms with Crippen molar-refractivity contribution in [1.82, 2.24) is 4.57 Å². The molecule has 0 atom stereocenters. The number of nitrogens with zero attached hydrogens (tertiary/aromatic N) is 1. The van der Waals surface area contributed by atoms with E-state index < -0.39 is 5.91 Å². The number of primary amides is 1. The van der Waals surface area contributed by atoms with Crippen molar-refractivity contribution >= 4 is 17.2 Å². The highest BCUT2D eigenvalue weighted by Crippen LogP contribution is 2.34. The quantitative estimate of drug-likeness (QED) is 0.787. The first-order valence-electron chi connectivity index (χ1n) is 5.97. The molecule has 0 saturated carbocycles. The van der Waals surface area contributed by atoms with Gasteiger partial charge in [0.1, 0.15) is 10.7 Å². The van der Waals surface area contributed by atoms with Crippen LogP contribution in [0.4, 0.5) is 4.39 Å². The second-order valence-corrected chi connectivity index (χ2v) is 5.17. The maximum atomic E-state index is 13.0. The third-order valence-corrected chi connectivity index (χ3v) is 3.99. The average Bonchev–Trinajstić information content (AvgIpc) is 3.08. The molecule has 3 nitrogen and oxygen atoms in total. The number of halogens is 1. The van der Waals surface area contributed by atoms with Crippen molar-refractivity contribution < 1.29 is 9.18 Å². The van der Waals surface area contributed by atoms with Crippen molar-refractivity contribution in [3.8, 4) is 16.8 Å². The van der Waals surface area contributed by atoms with Gasteiger partial charge in [-0.3, -0.25) is 4.79 Å². The van der Waals surface area contributed by atoms with Crippen molar-refractivity contribution in [3.05, 3.63) is 64.9 Å². The fraction of sp³-hybridized carbons (Fsp3) is 0. The Morgan fingerprint density at radius 3 is 2.40 bits per heavy atom. The summed E-state index contributed by atoms with van der Waals surface area (Å²) in [5.74, 6) is -0.756. The van der Waals surface area contributed by atoms with Crippen LogP contribution < -0.4 is 5.73 Å². The summed E-state index contributed by atoms with van der Waals surface area (Å²) in [4.78, 5) is 12.1. The molecule has 0 aliphatic carbocycles. The Kier molecular flexibility index (Phi) is 3.12. The fourth-order valence-corrected chi connectivity index (χ4v) is 3.03. The number of thiophene rings is 1. The zero-order chi connectivity index (χ0) is 14.1. The molecule has 1 aromatic carbocycles. The predicted octanol–water partition coefficient (Wildman–Crippen LogP) is 3.44. The normalized spacial score (nSPS) is 10.7. The number of carbonyl (C=O) groups excluding carboxylic acids is 1. The van der Waals surface area contributed by atoms with Gasteiger partial charge < -0.3 is 10.3 Å². The lowest BCUT2D eigenvalue weighted by Crippen LogP contribution is -2.12. The largest absolute Gasteiger partial charge is 0.365 e. The molecule has 0 bridgehead atoms. The summed E-state index contributed by atoms with van der Waals surface area (Å²) in [7, 11) is 0. The summed E-state index contributed by atoms with van der Waals surface area (Å²) in [5, 5.41) is 1.86. The van der Waals surface area contributed by atoms with Crippen LogP contribution in [0.5, 0.6) is 0 Å². The van der Waals surface area contributed by atoms with Gasteiger partial charge in [0.05, 0.1) is 5.69 Å². The molecule has 1 amide bonds. The molecule has 0 aliphatic heterocycles. The monoisotopic (exact) mass is 286 g/mol. The number of hydrogen-bond donors (Lipinski definition) is 1. The van der Waals surface area contributed by atoms with E-state index in [9.17, 15) is 9.18 Å². The van der Waals surface area contributed by atoms with Crippen LogP contribution in [0.2, 0.25) is 0 Å². The molecule has 2 heterocycles. The van der Waals surface area contributed by atoms with Crippen LogP contribution in [0.1, 0.15) is 9.67 Å². The lowest BCUT2D eigenvalue weighted by atomic mass is 10.1. The Balaban J connectivity index is 2.21. The predicted molar refractivity (Wildman–Crippen MR) is 77.6 cm³/mol. The number of hydrogen-bond acceptors (Lipinski definition) is 2. The van der Waals surface area contributed by atoms with E-state index in [1.54, 1.807) is 12.1 Å². The highest BCUT2D eigenvalue weighted by Gasteiger charge is 2.18. The van der Waals surface area contributed by atoms with Crippen LogP contribution in [0, 0.1) is 5.82 Å². The van der Waals surface area contributed by atoms with Crippen LogP contribution in [0.3, 0.4) is 0 Å². The Bertz CT molecular complexity index is 745. The summed E-state index contributed by atoms with van der Waals surface area (Å²) < 4.78 is 14.9. The first kappa shape index (κ1) is 12.6. The molecule has 0 fully saturated rings. The molecule has 0 spiro atoms. The van der Waals surface area contributed by atoms with Crippen molar-refractivity contribution in [2.45, 2.75) is 0 Å². The molecule has 5 heteroatoms. The van der Waals surface area contributed by atoms with E-state index in [0.717, 1.165) is 16.8 Å². The summed E-state index contributed by atoms with van der Waals surface area (Å²) in [6, 6.07) is 9.92. The van der Waals surface area contributed by atoms with E-state index in [4.69, 9.17) is 5.73 Å². The van der Waals surface area contributed by atoms with Crippen LogP contribution >= 0.6 is 11.3 Å². The van der Waals surface area contributed by atoms with E-state index >= 15 is 0 Å². The van der Waals surface area contributed by atoms with Crippen molar-refractivity contribution in [2.75, 3.05) is 0 Å². The zero-order valence-corrected chi connectivity index (χ0v) is 11.2. The second kappa shape index (κ2) is 4.94. The molecule has 0 saturated heterocycles. The van der Waals surface area contributed by atoms with Gasteiger partial charge in [0.2, 0.25) is 0 Å². The second-order valence-electron chi connectivity index (χ2n) is 4.29. The van der Waals surface area contributed by atoms with Gasteiger partial charge in [0.15, 0.2) is 0 Å². The highest BCUT2D eigenvalue weighted by atomic mass is 32.1. The average molecular weight is 286 g/mol. The molecular formula is C15H11FN2OS. The van der Waals surface area contributed by atoms with Gasteiger partial charge in [-0.05, 0) is 29.8 Å². The maximum absolute atomic E-state index is 13.0. The minimum atomic E-state index is -0.466. The van der Waals surface area contributed by atoms with E-state index in [-0.39, 0.29) is 5.82 Å². The number of rotatable bonds is 3. The molecule has 3 rings (SSSR count). The lowest BCUT2D eigenvalue weighted by Gasteiger charge is -2.08. The number of nitrogens with two attached hydrogens (primary N) is 1. The summed E-state index contributed by atoms with van der Waals surface area (Å²) >= 11 is 1.29. The van der Waals surface area contributed by atoms with E-state index in [2.05, 4.69) is 0 Å². The van der Waals surface area contributed by atoms with Gasteiger partial charge in [0, 0.05) is 23.3 Å². The Morgan fingerprint density at radius 2 is 1.80 bits per heavy atom. The SMILES string of the molecule is NC(=O)c1scc(-c2ccc(F)cc2)c1-n1cccc1. The Morgan fingerprint density at radius 1 is 1.15 bits per heavy atom. The standard InChI is InChI=1S/C15H11FN2OS/c16-11-5-3-10(4-6-11)12-9-20-14(15(17)19)13(12)18-7-1-2-8-18/h1-9H,(H2,17,19). The molecular weight excluding hydrogens is 275 g/mol. The molecule has 3 aromatic rings. The number of carbonyl (C=O) groups is 1. The molecule has 20 heavy (non-hydrogen) atoms. The van der Waals surface area contributed by atoms with Gasteiger partial charge in [0.25, 0.3) is 5.91 Å². The number of aromatic nitrogens is 1. The number of amides is 1. The smallest absolute Gasteiger partial charge is 0.260 e. The summed E-state index contributed by atoms with van der Waals surface area (Å²) in [5.41, 5.74) is 7.88. The third-order valence-electron chi connectivity index (χ3n) is 3.01. The van der Waals surface area contributed by atoms with Crippen LogP contribution in [0.15, 0.2) is 54.2 Å². The molecule has 2 N–H and O–H groups in total. The fourth-order valence-electron chi connectivity index (χ4n) is 2.10. The number of benzene rings is 1. The van der Waals surface area contributed by atoms with E-state index in [1.165, 1.54) is 23.5 Å². The van der Waals surface area contributed by atoms with Crippen LogP contribution in [-0.2, 0) is 0 Å². The zero-order valence-electron chi connectivity index (χ0n) is 10.4. The maximum Gasteiger partial charge on any atom is 0.260 e. The van der Waals surface area contributed by atoms with Crippen LogP contribution in [-0.4, -0.2) is 10.5 Å². The highest BCUT2D eigenvalue weighted by molar-refractivity contribution is 7.13. The Hall–Kier alpha value is -2.40. The van der Waals surface area contributed by atoms with Crippen molar-refractivity contribution in [2.24, 2.45) is 5.73 Å².